The van der Waals surface area contributed by atoms with Gasteiger partial charge in [-0.05, 0) is 48.5 Å². The van der Waals surface area contributed by atoms with Gasteiger partial charge in [-0.25, -0.2) is 12.7 Å². The van der Waals surface area contributed by atoms with Gasteiger partial charge in [0, 0.05) is 30.9 Å². The Hall–Kier alpha value is -3.63. The number of hydrogen-bond acceptors (Lipinski definition) is 6. The topological polar surface area (TPSA) is 110 Å². The van der Waals surface area contributed by atoms with Crippen molar-refractivity contribution < 1.29 is 13.2 Å². The summed E-state index contributed by atoms with van der Waals surface area (Å²) >= 11 is 0. The second-order valence-corrected chi connectivity index (χ2v) is 8.85. The van der Waals surface area contributed by atoms with E-state index in [0.29, 0.717) is 22.6 Å². The van der Waals surface area contributed by atoms with E-state index in [9.17, 15) is 13.2 Å². The summed E-state index contributed by atoms with van der Waals surface area (Å²) in [6.07, 6.45) is 1.52. The lowest BCUT2D eigenvalue weighted by Crippen LogP contribution is -2.22. The zero-order valence-electron chi connectivity index (χ0n) is 16.2. The summed E-state index contributed by atoms with van der Waals surface area (Å²) in [7, 11) is -0.628. The van der Waals surface area contributed by atoms with Gasteiger partial charge >= 0.3 is 0 Å². The molecule has 0 spiro atoms. The lowest BCUT2D eigenvalue weighted by Gasteiger charge is -2.12. The SMILES string of the molecule is CN(C)S(=O)(=O)c1ccc(C(=O)Nc2cccc(-c3ccc4nncn4n3)c2)cc1. The van der Waals surface area contributed by atoms with Crippen molar-refractivity contribution in [2.75, 3.05) is 19.4 Å². The molecule has 9 nitrogen and oxygen atoms in total. The molecule has 0 saturated carbocycles. The normalized spacial score (nSPS) is 11.7. The molecule has 4 aromatic rings. The zero-order valence-corrected chi connectivity index (χ0v) is 17.0. The van der Waals surface area contributed by atoms with Crippen LogP contribution in [0, 0.1) is 0 Å². The van der Waals surface area contributed by atoms with E-state index < -0.39 is 10.0 Å². The summed E-state index contributed by atoms with van der Waals surface area (Å²) in [5.74, 6) is -0.344. The molecule has 0 fully saturated rings. The first kappa shape index (κ1) is 19.7. The van der Waals surface area contributed by atoms with Crippen molar-refractivity contribution in [1.29, 1.82) is 0 Å². The second-order valence-electron chi connectivity index (χ2n) is 6.70. The molecule has 10 heteroatoms. The van der Waals surface area contributed by atoms with E-state index >= 15 is 0 Å². The van der Waals surface area contributed by atoms with Crippen LogP contribution in [0.5, 0.6) is 0 Å². The number of carbonyl (C=O) groups excluding carboxylic acids is 1. The molecule has 0 saturated heterocycles. The van der Waals surface area contributed by atoms with E-state index in [0.717, 1.165) is 9.87 Å². The van der Waals surface area contributed by atoms with Crippen molar-refractivity contribution in [3.63, 3.8) is 0 Å². The minimum atomic E-state index is -3.54. The van der Waals surface area contributed by atoms with Crippen LogP contribution in [0.1, 0.15) is 10.4 Å². The van der Waals surface area contributed by atoms with Crippen LogP contribution < -0.4 is 5.32 Å². The maximum atomic E-state index is 12.6. The Morgan fingerprint density at radius 1 is 1.03 bits per heavy atom. The number of hydrogen-bond donors (Lipinski definition) is 1. The van der Waals surface area contributed by atoms with Crippen molar-refractivity contribution >= 4 is 27.3 Å². The fraction of sp³-hybridized carbons (Fsp3) is 0.100. The highest BCUT2D eigenvalue weighted by Gasteiger charge is 2.17. The predicted molar refractivity (Wildman–Crippen MR) is 111 cm³/mol. The summed E-state index contributed by atoms with van der Waals surface area (Å²) in [5.41, 5.74) is 3.10. The van der Waals surface area contributed by atoms with Crippen molar-refractivity contribution in [3.8, 4) is 11.3 Å². The molecular weight excluding hydrogens is 404 g/mol. The minimum absolute atomic E-state index is 0.126. The van der Waals surface area contributed by atoms with E-state index in [2.05, 4.69) is 20.6 Å². The second kappa shape index (κ2) is 7.65. The molecule has 1 N–H and O–H groups in total. The molecule has 0 aliphatic rings. The van der Waals surface area contributed by atoms with Crippen LogP contribution in [-0.4, -0.2) is 52.5 Å². The molecule has 2 aromatic heterocycles. The molecule has 0 aliphatic carbocycles. The first-order valence-corrected chi connectivity index (χ1v) is 10.4. The maximum absolute atomic E-state index is 12.6. The van der Waals surface area contributed by atoms with Crippen molar-refractivity contribution in [2.24, 2.45) is 0 Å². The number of anilines is 1. The Morgan fingerprint density at radius 3 is 2.53 bits per heavy atom. The fourth-order valence-corrected chi connectivity index (χ4v) is 3.73. The number of nitrogens with zero attached hydrogens (tertiary/aromatic N) is 5. The summed E-state index contributed by atoms with van der Waals surface area (Å²) in [4.78, 5) is 12.7. The van der Waals surface area contributed by atoms with Gasteiger partial charge in [-0.1, -0.05) is 12.1 Å². The number of sulfonamides is 1. The molecule has 2 aromatic carbocycles. The molecule has 1 amide bonds. The number of amides is 1. The summed E-state index contributed by atoms with van der Waals surface area (Å²) in [6.45, 7) is 0. The Balaban J connectivity index is 1.54. The predicted octanol–water partition coefficient (Wildman–Crippen LogP) is 2.29. The average Bonchev–Trinajstić information content (AvgIpc) is 3.22. The summed E-state index contributed by atoms with van der Waals surface area (Å²) in [6, 6.07) is 16.7. The Labute approximate surface area is 173 Å². The first-order valence-electron chi connectivity index (χ1n) is 8.96. The van der Waals surface area contributed by atoms with Gasteiger partial charge in [0.05, 0.1) is 10.6 Å². The quantitative estimate of drug-likeness (QED) is 0.528. The molecule has 0 atom stereocenters. The zero-order chi connectivity index (χ0) is 21.3. The van der Waals surface area contributed by atoms with Gasteiger partial charge in [-0.2, -0.15) is 9.61 Å². The molecule has 4 rings (SSSR count). The van der Waals surface area contributed by atoms with Gasteiger partial charge in [-0.3, -0.25) is 4.79 Å². The highest BCUT2D eigenvalue weighted by atomic mass is 32.2. The number of aromatic nitrogens is 4. The molecule has 152 valence electrons. The van der Waals surface area contributed by atoms with Gasteiger partial charge in [0.1, 0.15) is 6.33 Å². The number of fused-ring (bicyclic) bond motifs is 1. The first-order chi connectivity index (χ1) is 14.3. The standard InChI is InChI=1S/C20H18N6O3S/c1-25(2)30(28,29)17-8-6-14(7-9-17)20(27)22-16-5-3-4-15(12-16)18-10-11-19-23-21-13-26(19)24-18/h3-13H,1-2H3,(H,22,27). The van der Waals surface area contributed by atoms with Gasteiger partial charge in [-0.15, -0.1) is 10.2 Å². The highest BCUT2D eigenvalue weighted by Crippen LogP contribution is 2.22. The number of nitrogens with one attached hydrogen (secondary N) is 1. The smallest absolute Gasteiger partial charge is 0.255 e. The monoisotopic (exact) mass is 422 g/mol. The largest absolute Gasteiger partial charge is 0.322 e. The molecular formula is C20H18N6O3S. The average molecular weight is 422 g/mol. The van der Waals surface area contributed by atoms with Gasteiger partial charge in [0.2, 0.25) is 10.0 Å². The summed E-state index contributed by atoms with van der Waals surface area (Å²) < 4.78 is 27.0. The molecule has 2 heterocycles. The molecule has 0 radical (unpaired) electrons. The third-order valence-corrected chi connectivity index (χ3v) is 6.30. The van der Waals surface area contributed by atoms with Gasteiger partial charge in [0.15, 0.2) is 5.65 Å². The van der Waals surface area contributed by atoms with Gasteiger partial charge < -0.3 is 5.32 Å². The van der Waals surface area contributed by atoms with Crippen LogP contribution in [0.3, 0.4) is 0 Å². The number of carbonyl (C=O) groups is 1. The van der Waals surface area contributed by atoms with Crippen molar-refractivity contribution in [2.45, 2.75) is 4.90 Å². The van der Waals surface area contributed by atoms with Crippen molar-refractivity contribution in [3.05, 3.63) is 72.6 Å². The van der Waals surface area contributed by atoms with E-state index in [1.807, 2.05) is 24.3 Å². The van der Waals surface area contributed by atoms with Crippen LogP contribution in [0.25, 0.3) is 16.9 Å². The Bertz CT molecular complexity index is 1330. The minimum Gasteiger partial charge on any atom is -0.322 e. The highest BCUT2D eigenvalue weighted by molar-refractivity contribution is 7.89. The third-order valence-electron chi connectivity index (χ3n) is 4.47. The van der Waals surface area contributed by atoms with Crippen molar-refractivity contribution in [1.82, 2.24) is 24.1 Å². The number of benzene rings is 2. The van der Waals surface area contributed by atoms with Crippen LogP contribution in [0.4, 0.5) is 5.69 Å². The fourth-order valence-electron chi connectivity index (χ4n) is 2.83. The van der Waals surface area contributed by atoms with Gasteiger partial charge in [0.25, 0.3) is 5.91 Å². The van der Waals surface area contributed by atoms with Crippen LogP contribution in [0.2, 0.25) is 0 Å². The molecule has 0 unspecified atom stereocenters. The third kappa shape index (κ3) is 3.78. The van der Waals surface area contributed by atoms with E-state index in [-0.39, 0.29) is 10.8 Å². The number of rotatable bonds is 5. The molecule has 30 heavy (non-hydrogen) atoms. The summed E-state index contributed by atoms with van der Waals surface area (Å²) in [5, 5.41) is 15.0. The van der Waals surface area contributed by atoms with Crippen LogP contribution >= 0.6 is 0 Å². The molecule has 0 aliphatic heterocycles. The lowest BCUT2D eigenvalue weighted by atomic mass is 10.1. The Kier molecular flexibility index (Phi) is 5.02. The Morgan fingerprint density at radius 2 is 1.80 bits per heavy atom. The van der Waals surface area contributed by atoms with E-state index in [1.54, 1.807) is 16.6 Å². The van der Waals surface area contributed by atoms with Crippen LogP contribution in [0.15, 0.2) is 71.9 Å². The maximum Gasteiger partial charge on any atom is 0.255 e. The molecule has 0 bridgehead atoms. The van der Waals surface area contributed by atoms with E-state index in [1.165, 1.54) is 44.7 Å². The van der Waals surface area contributed by atoms with E-state index in [4.69, 9.17) is 0 Å². The lowest BCUT2D eigenvalue weighted by molar-refractivity contribution is 0.102. The van der Waals surface area contributed by atoms with Crippen LogP contribution in [-0.2, 0) is 10.0 Å².